The van der Waals surface area contributed by atoms with Crippen LogP contribution in [0.5, 0.6) is 0 Å². The lowest BCUT2D eigenvalue weighted by molar-refractivity contribution is 0.0197. The number of piperidine rings is 1. The van der Waals surface area contributed by atoms with E-state index in [1.165, 1.54) is 0 Å². The number of anilines is 1. The van der Waals surface area contributed by atoms with Gasteiger partial charge in [0.15, 0.2) is 5.65 Å². The topological polar surface area (TPSA) is 85.8 Å². The minimum Gasteiger partial charge on any atom is -0.444 e. The summed E-state index contributed by atoms with van der Waals surface area (Å²) in [4.78, 5) is 20.4. The standard InChI is InChI=1S/C20H24BrN5O2S/c1-20(2,3)28-19(27)25-8-4-6-12(11-25)16-15(21)17(22)26-18(24-16)13(10-23-26)14-7-5-9-29-14/h5,7,9-10,12H,4,6,8,11,22H2,1-3H3. The van der Waals surface area contributed by atoms with E-state index in [1.807, 2.05) is 38.3 Å². The van der Waals surface area contributed by atoms with Crippen molar-refractivity contribution >= 4 is 44.8 Å². The number of rotatable bonds is 2. The second kappa shape index (κ2) is 7.60. The van der Waals surface area contributed by atoms with E-state index >= 15 is 0 Å². The van der Waals surface area contributed by atoms with E-state index in [1.54, 1.807) is 26.9 Å². The van der Waals surface area contributed by atoms with Crippen molar-refractivity contribution in [1.29, 1.82) is 0 Å². The van der Waals surface area contributed by atoms with Crippen molar-refractivity contribution in [2.45, 2.75) is 45.1 Å². The summed E-state index contributed by atoms with van der Waals surface area (Å²) in [7, 11) is 0. The quantitative estimate of drug-likeness (QED) is 0.565. The predicted molar refractivity (Wildman–Crippen MR) is 118 cm³/mol. The molecule has 0 radical (unpaired) electrons. The third kappa shape index (κ3) is 3.98. The summed E-state index contributed by atoms with van der Waals surface area (Å²) in [5, 5.41) is 6.46. The van der Waals surface area contributed by atoms with E-state index in [-0.39, 0.29) is 12.0 Å². The second-order valence-electron chi connectivity index (χ2n) is 8.23. The van der Waals surface area contributed by atoms with Gasteiger partial charge in [0.25, 0.3) is 0 Å². The van der Waals surface area contributed by atoms with E-state index < -0.39 is 5.60 Å². The lowest BCUT2D eigenvalue weighted by Crippen LogP contribution is -2.42. The number of thiophene rings is 1. The fourth-order valence-corrected chi connectivity index (χ4v) is 4.89. The Morgan fingerprint density at radius 3 is 2.90 bits per heavy atom. The number of nitrogens with two attached hydrogens (primary N) is 1. The van der Waals surface area contributed by atoms with Crippen LogP contribution in [0.3, 0.4) is 0 Å². The average molecular weight is 478 g/mol. The van der Waals surface area contributed by atoms with Crippen molar-refractivity contribution < 1.29 is 9.53 Å². The molecule has 1 amide bonds. The van der Waals surface area contributed by atoms with E-state index in [0.717, 1.165) is 39.1 Å². The highest BCUT2D eigenvalue weighted by atomic mass is 79.9. The Hall–Kier alpha value is -2.13. The van der Waals surface area contributed by atoms with Crippen LogP contribution in [0.4, 0.5) is 10.6 Å². The minimum absolute atomic E-state index is 0.0732. The molecule has 1 unspecified atom stereocenters. The molecule has 1 fully saturated rings. The van der Waals surface area contributed by atoms with E-state index in [4.69, 9.17) is 15.5 Å². The first kappa shape index (κ1) is 20.2. The summed E-state index contributed by atoms with van der Waals surface area (Å²) in [5.41, 5.74) is 8.42. The molecule has 2 N–H and O–H groups in total. The van der Waals surface area contributed by atoms with Gasteiger partial charge in [-0.05, 0) is 61.0 Å². The number of likely N-dealkylation sites (tertiary alicyclic amines) is 1. The van der Waals surface area contributed by atoms with E-state index in [2.05, 4.69) is 21.0 Å². The Morgan fingerprint density at radius 2 is 2.21 bits per heavy atom. The molecule has 0 spiro atoms. The van der Waals surface area contributed by atoms with Crippen molar-refractivity contribution in [3.05, 3.63) is 33.9 Å². The number of ether oxygens (including phenoxy) is 1. The molecule has 3 aromatic heterocycles. The van der Waals surface area contributed by atoms with Gasteiger partial charge in [-0.15, -0.1) is 11.3 Å². The number of carbonyl (C=O) groups is 1. The zero-order valence-electron chi connectivity index (χ0n) is 16.7. The van der Waals surface area contributed by atoms with Crippen molar-refractivity contribution in [3.63, 3.8) is 0 Å². The van der Waals surface area contributed by atoms with Crippen molar-refractivity contribution in [2.75, 3.05) is 18.8 Å². The van der Waals surface area contributed by atoms with Gasteiger partial charge in [-0.1, -0.05) is 6.07 Å². The smallest absolute Gasteiger partial charge is 0.410 e. The molecule has 1 aliphatic rings. The van der Waals surface area contributed by atoms with Crippen molar-refractivity contribution in [3.8, 4) is 10.4 Å². The maximum absolute atomic E-state index is 12.6. The van der Waals surface area contributed by atoms with Gasteiger partial charge in [0.2, 0.25) is 0 Å². The number of amides is 1. The highest BCUT2D eigenvalue weighted by molar-refractivity contribution is 9.10. The van der Waals surface area contributed by atoms with Crippen LogP contribution < -0.4 is 5.73 Å². The molecule has 4 rings (SSSR count). The number of halogens is 1. The van der Waals surface area contributed by atoms with Crippen LogP contribution in [0.1, 0.15) is 45.2 Å². The number of aromatic nitrogens is 3. The number of hydrogen-bond donors (Lipinski definition) is 1. The Kier molecular flexibility index (Phi) is 5.29. The van der Waals surface area contributed by atoms with Crippen LogP contribution in [0.25, 0.3) is 16.1 Å². The van der Waals surface area contributed by atoms with Gasteiger partial charge in [-0.25, -0.2) is 9.78 Å². The Labute approximate surface area is 182 Å². The van der Waals surface area contributed by atoms with Crippen molar-refractivity contribution in [2.24, 2.45) is 0 Å². The molecule has 1 atom stereocenters. The molecular weight excluding hydrogens is 454 g/mol. The molecular formula is C20H24BrN5O2S. The van der Waals surface area contributed by atoms with Crippen LogP contribution in [0, 0.1) is 0 Å². The normalized spacial score (nSPS) is 17.7. The maximum atomic E-state index is 12.6. The first-order valence-corrected chi connectivity index (χ1v) is 11.3. The molecule has 9 heteroatoms. The van der Waals surface area contributed by atoms with Crippen LogP contribution in [0.15, 0.2) is 28.2 Å². The third-order valence-corrected chi connectivity index (χ3v) is 6.61. The minimum atomic E-state index is -0.514. The highest BCUT2D eigenvalue weighted by Crippen LogP contribution is 2.37. The zero-order valence-corrected chi connectivity index (χ0v) is 19.1. The molecule has 0 aromatic carbocycles. The first-order valence-electron chi connectivity index (χ1n) is 9.59. The van der Waals surface area contributed by atoms with Gasteiger partial charge >= 0.3 is 6.09 Å². The van der Waals surface area contributed by atoms with Crippen LogP contribution in [0.2, 0.25) is 0 Å². The average Bonchev–Trinajstić information content (AvgIpc) is 3.32. The highest BCUT2D eigenvalue weighted by Gasteiger charge is 2.31. The van der Waals surface area contributed by atoms with Crippen LogP contribution in [-0.2, 0) is 4.74 Å². The zero-order chi connectivity index (χ0) is 20.8. The molecule has 7 nitrogen and oxygen atoms in total. The molecule has 4 heterocycles. The molecule has 3 aromatic rings. The Balaban J connectivity index is 1.69. The van der Waals surface area contributed by atoms with Crippen LogP contribution >= 0.6 is 27.3 Å². The third-order valence-electron chi connectivity index (χ3n) is 4.89. The number of nitrogen functional groups attached to an aromatic ring is 1. The molecule has 1 aliphatic heterocycles. The van der Waals surface area contributed by atoms with Gasteiger partial charge in [0.05, 0.1) is 21.9 Å². The molecule has 154 valence electrons. The summed E-state index contributed by atoms with van der Waals surface area (Å²) in [6.45, 7) is 6.88. The van der Waals surface area contributed by atoms with Gasteiger partial charge < -0.3 is 15.4 Å². The molecule has 0 saturated carbocycles. The summed E-state index contributed by atoms with van der Waals surface area (Å²) in [6.07, 6.45) is 3.34. The Bertz CT molecular complexity index is 1040. The van der Waals surface area contributed by atoms with Crippen LogP contribution in [-0.4, -0.2) is 44.3 Å². The molecule has 0 bridgehead atoms. The van der Waals surface area contributed by atoms with Gasteiger partial charge in [-0.2, -0.15) is 9.61 Å². The fraction of sp³-hybridized carbons (Fsp3) is 0.450. The second-order valence-corrected chi connectivity index (χ2v) is 9.97. The first-order chi connectivity index (χ1) is 13.7. The number of fused-ring (bicyclic) bond motifs is 1. The number of carbonyl (C=O) groups excluding carboxylic acids is 1. The molecule has 0 aliphatic carbocycles. The monoisotopic (exact) mass is 477 g/mol. The summed E-state index contributed by atoms with van der Waals surface area (Å²) >= 11 is 5.26. The van der Waals surface area contributed by atoms with E-state index in [0.29, 0.717) is 18.9 Å². The number of hydrogen-bond acceptors (Lipinski definition) is 6. The predicted octanol–water partition coefficient (Wildman–Crippen LogP) is 4.92. The van der Waals surface area contributed by atoms with Gasteiger partial charge in [0, 0.05) is 23.9 Å². The summed E-state index contributed by atoms with van der Waals surface area (Å²) < 4.78 is 7.96. The van der Waals surface area contributed by atoms with Crippen molar-refractivity contribution in [1.82, 2.24) is 19.5 Å². The Morgan fingerprint density at radius 1 is 1.41 bits per heavy atom. The maximum Gasteiger partial charge on any atom is 0.410 e. The largest absolute Gasteiger partial charge is 0.444 e. The summed E-state index contributed by atoms with van der Waals surface area (Å²) in [5.74, 6) is 0.589. The van der Waals surface area contributed by atoms with Gasteiger partial charge in [0.1, 0.15) is 11.4 Å². The summed E-state index contributed by atoms with van der Waals surface area (Å²) in [6, 6.07) is 4.05. The lowest BCUT2D eigenvalue weighted by Gasteiger charge is -2.34. The lowest BCUT2D eigenvalue weighted by atomic mass is 9.94. The fourth-order valence-electron chi connectivity index (χ4n) is 3.58. The van der Waals surface area contributed by atoms with Gasteiger partial charge in [-0.3, -0.25) is 0 Å². The molecule has 29 heavy (non-hydrogen) atoms. The molecule has 1 saturated heterocycles. The van der Waals surface area contributed by atoms with E-state index in [9.17, 15) is 4.79 Å². The number of nitrogens with zero attached hydrogens (tertiary/aromatic N) is 4. The SMILES string of the molecule is CC(C)(C)OC(=O)N1CCCC(c2nc3c(-c4cccs4)cnn3c(N)c2Br)C1.